The molecule has 2 radical (unpaired) electrons. The van der Waals surface area contributed by atoms with Crippen LogP contribution in [-0.2, 0) is 0 Å². The molecule has 2 heteroatoms. The molecule has 0 aliphatic heterocycles. The summed E-state index contributed by atoms with van der Waals surface area (Å²) in [5, 5.41) is 0. The van der Waals surface area contributed by atoms with Gasteiger partial charge in [-0.05, 0) is 25.1 Å². The maximum absolute atomic E-state index is 13.9. The molecule has 0 saturated carbocycles. The molecule has 0 saturated heterocycles. The molecule has 0 bridgehead atoms. The molecule has 1 aliphatic rings. The largest absolute Gasteiger partial charge is 0.243 e. The first kappa shape index (κ1) is 9.64. The van der Waals surface area contributed by atoms with E-state index >= 15 is 0 Å². The minimum atomic E-state index is -1.24. The molecule has 2 atom stereocenters. The molecule has 1 rings (SSSR count). The fourth-order valence-electron chi connectivity index (χ4n) is 1.41. The lowest BCUT2D eigenvalue weighted by Crippen LogP contribution is -2.27. The van der Waals surface area contributed by atoms with E-state index in [0.29, 0.717) is 12.8 Å². The third kappa shape index (κ3) is 2.27. The molecule has 0 aromatic rings. The molecule has 1 aliphatic carbocycles. The number of hydrogen-bond donors (Lipinski definition) is 0. The third-order valence-electron chi connectivity index (χ3n) is 2.47. The number of alkyl halides is 1. The highest BCUT2D eigenvalue weighted by Crippen LogP contribution is 2.34. The van der Waals surface area contributed by atoms with Crippen molar-refractivity contribution in [2.24, 2.45) is 0 Å². The van der Waals surface area contributed by atoms with Crippen molar-refractivity contribution in [2.75, 3.05) is 0 Å². The van der Waals surface area contributed by atoms with Crippen molar-refractivity contribution in [3.63, 3.8) is 0 Å². The van der Waals surface area contributed by atoms with Crippen molar-refractivity contribution in [3.05, 3.63) is 0 Å². The van der Waals surface area contributed by atoms with Crippen LogP contribution in [0.15, 0.2) is 0 Å². The molecule has 1 unspecified atom stereocenters. The van der Waals surface area contributed by atoms with E-state index in [4.69, 9.17) is 7.85 Å². The standard InChI is InChI=1S/C10H14BF/c1-9(11)10(12)7-5-3-2-4-6-8-10/h9H,2-3,5,7-8H2,1H3/t9-,10?/m0/s1. The van der Waals surface area contributed by atoms with Crippen LogP contribution in [0.1, 0.15) is 39.0 Å². The molecule has 0 heterocycles. The van der Waals surface area contributed by atoms with Crippen LogP contribution >= 0.6 is 0 Å². The van der Waals surface area contributed by atoms with E-state index in [9.17, 15) is 4.39 Å². The van der Waals surface area contributed by atoms with Crippen LogP contribution in [-0.4, -0.2) is 13.5 Å². The van der Waals surface area contributed by atoms with Crippen LogP contribution in [0, 0.1) is 11.8 Å². The zero-order valence-electron chi connectivity index (χ0n) is 7.57. The first-order chi connectivity index (χ1) is 5.65. The summed E-state index contributed by atoms with van der Waals surface area (Å²) >= 11 is 0. The van der Waals surface area contributed by atoms with Gasteiger partial charge in [0, 0.05) is 12.8 Å². The van der Waals surface area contributed by atoms with Crippen LogP contribution < -0.4 is 0 Å². The van der Waals surface area contributed by atoms with E-state index in [1.807, 2.05) is 0 Å². The van der Waals surface area contributed by atoms with Gasteiger partial charge in [0.15, 0.2) is 0 Å². The van der Waals surface area contributed by atoms with Gasteiger partial charge in [0.2, 0.25) is 0 Å². The Morgan fingerprint density at radius 1 is 1.42 bits per heavy atom. The molecule has 0 spiro atoms. The summed E-state index contributed by atoms with van der Waals surface area (Å²) in [4.78, 5) is 0. The summed E-state index contributed by atoms with van der Waals surface area (Å²) in [6.45, 7) is 1.73. The quantitative estimate of drug-likeness (QED) is 0.412. The van der Waals surface area contributed by atoms with E-state index in [-0.39, 0.29) is 0 Å². The number of rotatable bonds is 1. The van der Waals surface area contributed by atoms with Gasteiger partial charge in [-0.25, -0.2) is 4.39 Å². The van der Waals surface area contributed by atoms with Crippen LogP contribution in [0.3, 0.4) is 0 Å². The second-order valence-corrected chi connectivity index (χ2v) is 3.56. The van der Waals surface area contributed by atoms with Crippen LogP contribution in [0.4, 0.5) is 4.39 Å². The van der Waals surface area contributed by atoms with Crippen molar-refractivity contribution in [3.8, 4) is 11.8 Å². The summed E-state index contributed by atoms with van der Waals surface area (Å²) in [5.41, 5.74) is -1.24. The smallest absolute Gasteiger partial charge is 0.116 e. The lowest BCUT2D eigenvalue weighted by atomic mass is 9.71. The first-order valence-corrected chi connectivity index (χ1v) is 4.55. The second-order valence-electron chi connectivity index (χ2n) is 3.56. The fraction of sp³-hybridized carbons (Fsp3) is 0.800. The van der Waals surface area contributed by atoms with Gasteiger partial charge in [0.25, 0.3) is 0 Å². The van der Waals surface area contributed by atoms with Crippen LogP contribution in [0.2, 0.25) is 5.82 Å². The summed E-state index contributed by atoms with van der Waals surface area (Å²) < 4.78 is 13.9. The Kier molecular flexibility index (Phi) is 3.20. The normalized spacial score (nSPS) is 32.5. The Labute approximate surface area is 75.3 Å². The molecule has 0 fully saturated rings. The van der Waals surface area contributed by atoms with Crippen molar-refractivity contribution in [1.82, 2.24) is 0 Å². The number of hydrogen-bond acceptors (Lipinski definition) is 0. The van der Waals surface area contributed by atoms with Gasteiger partial charge in [-0.2, -0.15) is 0 Å². The minimum Gasteiger partial charge on any atom is -0.243 e. The Hall–Kier alpha value is -0.445. The molecular formula is C10H14BF. The highest BCUT2D eigenvalue weighted by atomic mass is 19.1. The van der Waals surface area contributed by atoms with Gasteiger partial charge in [-0.1, -0.05) is 6.92 Å². The Balaban J connectivity index is 2.65. The first-order valence-electron chi connectivity index (χ1n) is 4.55. The van der Waals surface area contributed by atoms with Crippen molar-refractivity contribution < 1.29 is 4.39 Å². The van der Waals surface area contributed by atoms with Crippen molar-refractivity contribution in [1.29, 1.82) is 0 Å². The maximum atomic E-state index is 13.9. The molecular weight excluding hydrogens is 150 g/mol. The molecule has 0 aromatic carbocycles. The summed E-state index contributed by atoms with van der Waals surface area (Å²) in [6.07, 6.45) is 3.71. The van der Waals surface area contributed by atoms with E-state index in [1.165, 1.54) is 0 Å². The van der Waals surface area contributed by atoms with Gasteiger partial charge >= 0.3 is 0 Å². The van der Waals surface area contributed by atoms with Gasteiger partial charge in [-0.3, -0.25) is 0 Å². The average Bonchev–Trinajstić information content (AvgIpc) is 1.97. The van der Waals surface area contributed by atoms with Gasteiger partial charge in [-0.15, -0.1) is 11.8 Å². The van der Waals surface area contributed by atoms with E-state index in [2.05, 4.69) is 11.8 Å². The maximum Gasteiger partial charge on any atom is 0.116 e. The predicted molar refractivity (Wildman–Crippen MR) is 49.9 cm³/mol. The highest BCUT2D eigenvalue weighted by Gasteiger charge is 2.31. The highest BCUT2D eigenvalue weighted by molar-refractivity contribution is 6.12. The summed E-state index contributed by atoms with van der Waals surface area (Å²) in [7, 11) is 5.58. The Bertz CT molecular complexity index is 202. The van der Waals surface area contributed by atoms with Crippen molar-refractivity contribution in [2.45, 2.75) is 50.5 Å². The van der Waals surface area contributed by atoms with Gasteiger partial charge in [0.05, 0.1) is 7.85 Å². The van der Waals surface area contributed by atoms with Gasteiger partial charge < -0.3 is 0 Å². The Morgan fingerprint density at radius 3 is 2.83 bits per heavy atom. The second kappa shape index (κ2) is 3.98. The molecule has 64 valence electrons. The third-order valence-corrected chi connectivity index (χ3v) is 2.47. The summed E-state index contributed by atoms with van der Waals surface area (Å²) in [6, 6.07) is 0. The average molecular weight is 164 g/mol. The van der Waals surface area contributed by atoms with Crippen LogP contribution in [0.5, 0.6) is 0 Å². The molecule has 12 heavy (non-hydrogen) atoms. The van der Waals surface area contributed by atoms with E-state index < -0.39 is 11.5 Å². The van der Waals surface area contributed by atoms with E-state index in [0.717, 1.165) is 19.3 Å². The lowest BCUT2D eigenvalue weighted by molar-refractivity contribution is 0.146. The Morgan fingerprint density at radius 2 is 2.17 bits per heavy atom. The zero-order valence-corrected chi connectivity index (χ0v) is 7.57. The monoisotopic (exact) mass is 164 g/mol. The lowest BCUT2D eigenvalue weighted by Gasteiger charge is -2.28. The SMILES string of the molecule is [B][C@@H](C)C1(F)CC#CCCCC1. The molecule has 0 amide bonds. The van der Waals surface area contributed by atoms with Gasteiger partial charge in [0.1, 0.15) is 5.67 Å². The molecule has 0 N–H and O–H groups in total. The predicted octanol–water partition coefficient (Wildman–Crippen LogP) is 2.64. The minimum absolute atomic E-state index is 0.310. The van der Waals surface area contributed by atoms with E-state index in [1.54, 1.807) is 6.92 Å². The molecule has 0 aromatic heterocycles. The molecule has 0 nitrogen and oxygen atoms in total. The van der Waals surface area contributed by atoms with Crippen molar-refractivity contribution >= 4 is 7.85 Å². The fourth-order valence-corrected chi connectivity index (χ4v) is 1.41. The van der Waals surface area contributed by atoms with Crippen LogP contribution in [0.25, 0.3) is 0 Å². The zero-order chi connectivity index (χ0) is 9.03. The topological polar surface area (TPSA) is 0 Å². The number of halogens is 1. The summed E-state index contributed by atoms with van der Waals surface area (Å²) in [5.74, 6) is 5.41.